The van der Waals surface area contributed by atoms with Gasteiger partial charge in [-0.25, -0.2) is 4.98 Å². The van der Waals surface area contributed by atoms with E-state index in [4.69, 9.17) is 0 Å². The predicted molar refractivity (Wildman–Crippen MR) is 104 cm³/mol. The monoisotopic (exact) mass is 453 g/mol. The average molecular weight is 453 g/mol. The van der Waals surface area contributed by atoms with Crippen molar-refractivity contribution in [3.63, 3.8) is 0 Å². The molecule has 3 rings (SSSR count). The number of carbonyl (C=O) groups is 2. The van der Waals surface area contributed by atoms with Gasteiger partial charge < -0.3 is 10.2 Å². The fourth-order valence-corrected chi connectivity index (χ4v) is 3.48. The van der Waals surface area contributed by atoms with Gasteiger partial charge in [0.25, 0.3) is 0 Å². The van der Waals surface area contributed by atoms with Crippen molar-refractivity contribution < 1.29 is 9.59 Å². The Balaban J connectivity index is 1.69. The molecule has 0 aliphatic carbocycles. The highest BCUT2D eigenvalue weighted by Gasteiger charge is 2.35. The fraction of sp³-hybridized carbons (Fsp3) is 0.235. The molecule has 0 saturated carbocycles. The molecule has 0 spiro atoms. The summed E-state index contributed by atoms with van der Waals surface area (Å²) in [7, 11) is 0. The Kier molecular flexibility index (Phi) is 5.40. The van der Waals surface area contributed by atoms with E-state index >= 15 is 0 Å². The smallest absolute Gasteiger partial charge is 0.230 e. The molecule has 1 N–H and O–H groups in total. The van der Waals surface area contributed by atoms with Crippen LogP contribution in [0.25, 0.3) is 0 Å². The van der Waals surface area contributed by atoms with Crippen molar-refractivity contribution in [3.8, 4) is 0 Å². The molecule has 124 valence electrons. The first-order valence-corrected chi connectivity index (χ1v) is 9.74. The van der Waals surface area contributed by atoms with Crippen LogP contribution in [0.4, 0.5) is 11.5 Å². The predicted octanol–water partition coefficient (Wildman–Crippen LogP) is 3.40. The van der Waals surface area contributed by atoms with E-state index in [0.29, 0.717) is 12.4 Å². The minimum absolute atomic E-state index is 0.0252. The third-order valence-electron chi connectivity index (χ3n) is 3.88. The fourth-order valence-electron chi connectivity index (χ4n) is 2.59. The molecule has 5 nitrogen and oxygen atoms in total. The van der Waals surface area contributed by atoms with Crippen LogP contribution in [0.2, 0.25) is 0 Å². The minimum atomic E-state index is -0.365. The molecule has 1 aliphatic rings. The van der Waals surface area contributed by atoms with E-state index in [-0.39, 0.29) is 24.2 Å². The first-order valence-electron chi connectivity index (χ1n) is 7.44. The first-order chi connectivity index (χ1) is 11.6. The lowest BCUT2D eigenvalue weighted by atomic mass is 10.1. The number of thioether (sulfide) groups is 1. The number of hydrogen-bond acceptors (Lipinski definition) is 4. The summed E-state index contributed by atoms with van der Waals surface area (Å²) in [5.41, 5.74) is 0.834. The third-order valence-corrected chi connectivity index (χ3v) is 5.49. The molecule has 1 saturated heterocycles. The topological polar surface area (TPSA) is 62.3 Å². The maximum atomic E-state index is 12.5. The van der Waals surface area contributed by atoms with Crippen LogP contribution in [-0.2, 0) is 9.59 Å². The number of nitrogens with zero attached hydrogens (tertiary/aromatic N) is 2. The highest BCUT2D eigenvalue weighted by molar-refractivity contribution is 14.1. The summed E-state index contributed by atoms with van der Waals surface area (Å²) in [6.07, 6.45) is 3.87. The number of amides is 2. The Morgan fingerprint density at radius 3 is 2.75 bits per heavy atom. The lowest BCUT2D eigenvalue weighted by molar-refractivity contribution is -0.122. The van der Waals surface area contributed by atoms with Gasteiger partial charge in [-0.2, -0.15) is 0 Å². The van der Waals surface area contributed by atoms with Crippen molar-refractivity contribution in [2.75, 3.05) is 23.0 Å². The summed E-state index contributed by atoms with van der Waals surface area (Å²) < 4.78 is 0.872. The van der Waals surface area contributed by atoms with E-state index < -0.39 is 0 Å². The molecule has 2 amide bonds. The Hall–Kier alpha value is -1.61. The molecule has 1 unspecified atom stereocenters. The number of benzene rings is 1. The van der Waals surface area contributed by atoms with Gasteiger partial charge >= 0.3 is 0 Å². The van der Waals surface area contributed by atoms with Gasteiger partial charge in [-0.15, -0.1) is 11.8 Å². The molecule has 1 aromatic carbocycles. The van der Waals surface area contributed by atoms with E-state index in [0.717, 1.165) is 14.2 Å². The summed E-state index contributed by atoms with van der Waals surface area (Å²) in [5, 5.41) is 2.82. The molecule has 0 bridgehead atoms. The quantitative estimate of drug-likeness (QED) is 0.570. The van der Waals surface area contributed by atoms with Crippen LogP contribution in [-0.4, -0.2) is 29.6 Å². The first kappa shape index (κ1) is 17.2. The van der Waals surface area contributed by atoms with Gasteiger partial charge in [0.1, 0.15) is 5.82 Å². The Bertz CT molecular complexity index is 767. The van der Waals surface area contributed by atoms with Crippen LogP contribution in [0, 0.1) is 9.49 Å². The zero-order valence-corrected chi connectivity index (χ0v) is 16.0. The molecule has 1 aliphatic heterocycles. The van der Waals surface area contributed by atoms with E-state index in [9.17, 15) is 9.59 Å². The van der Waals surface area contributed by atoms with Crippen molar-refractivity contribution in [2.24, 2.45) is 5.92 Å². The molecule has 7 heteroatoms. The van der Waals surface area contributed by atoms with E-state index in [2.05, 4.69) is 32.9 Å². The number of nitrogens with one attached hydrogen (secondary N) is 1. The normalized spacial score (nSPS) is 17.2. The number of aromatic nitrogens is 1. The number of anilines is 2. The number of pyridine rings is 1. The summed E-state index contributed by atoms with van der Waals surface area (Å²) in [6, 6.07) is 11.5. The van der Waals surface area contributed by atoms with Crippen molar-refractivity contribution in [2.45, 2.75) is 11.3 Å². The van der Waals surface area contributed by atoms with E-state index in [1.807, 2.05) is 42.7 Å². The highest BCUT2D eigenvalue weighted by Crippen LogP contribution is 2.28. The second-order valence-corrected chi connectivity index (χ2v) is 7.47. The standard InChI is InChI=1S/C17H16IN3O2S/c1-24-13-6-4-12(5-7-13)21-10-11(9-15(21)22)17(23)20-16-14(18)3-2-8-19-16/h2-8,11H,9-10H2,1H3,(H,19,20,23). The van der Waals surface area contributed by atoms with Gasteiger partial charge in [-0.05, 0) is 65.2 Å². The Labute approximate surface area is 158 Å². The van der Waals surface area contributed by atoms with Crippen LogP contribution < -0.4 is 10.2 Å². The Morgan fingerprint density at radius 2 is 2.08 bits per heavy atom. The molecule has 24 heavy (non-hydrogen) atoms. The summed E-state index contributed by atoms with van der Waals surface area (Å²) >= 11 is 3.78. The maximum Gasteiger partial charge on any atom is 0.230 e. The number of rotatable bonds is 4. The second kappa shape index (κ2) is 7.52. The maximum absolute atomic E-state index is 12.5. The van der Waals surface area contributed by atoms with Crippen molar-refractivity contribution in [1.82, 2.24) is 4.98 Å². The SMILES string of the molecule is CSc1ccc(N2CC(C(=O)Nc3ncccc3I)CC2=O)cc1. The molecule has 1 fully saturated rings. The average Bonchev–Trinajstić information content (AvgIpc) is 2.99. The van der Waals surface area contributed by atoms with Gasteiger partial charge in [0.2, 0.25) is 11.8 Å². The highest BCUT2D eigenvalue weighted by atomic mass is 127. The lowest BCUT2D eigenvalue weighted by Crippen LogP contribution is -2.28. The van der Waals surface area contributed by atoms with Gasteiger partial charge in [-0.3, -0.25) is 9.59 Å². The summed E-state index contributed by atoms with van der Waals surface area (Å²) in [6.45, 7) is 0.396. The van der Waals surface area contributed by atoms with Gasteiger partial charge in [0, 0.05) is 29.7 Å². The second-order valence-electron chi connectivity index (χ2n) is 5.43. The number of carbonyl (C=O) groups excluding carboxylic acids is 2. The zero-order valence-electron chi connectivity index (χ0n) is 13.0. The van der Waals surface area contributed by atoms with Gasteiger partial charge in [0.15, 0.2) is 0 Å². The Morgan fingerprint density at radius 1 is 1.33 bits per heavy atom. The lowest BCUT2D eigenvalue weighted by Gasteiger charge is -2.17. The van der Waals surface area contributed by atoms with Crippen molar-refractivity contribution in [3.05, 3.63) is 46.2 Å². The molecule has 2 heterocycles. The van der Waals surface area contributed by atoms with Crippen LogP contribution in [0.1, 0.15) is 6.42 Å². The van der Waals surface area contributed by atoms with Crippen LogP contribution in [0.15, 0.2) is 47.5 Å². The minimum Gasteiger partial charge on any atom is -0.312 e. The largest absolute Gasteiger partial charge is 0.312 e. The van der Waals surface area contributed by atoms with E-state index in [1.54, 1.807) is 22.9 Å². The van der Waals surface area contributed by atoms with Crippen molar-refractivity contribution in [1.29, 1.82) is 0 Å². The van der Waals surface area contributed by atoms with Crippen LogP contribution in [0.3, 0.4) is 0 Å². The summed E-state index contributed by atoms with van der Waals surface area (Å²) in [5.74, 6) is -0.0141. The number of hydrogen-bond donors (Lipinski definition) is 1. The van der Waals surface area contributed by atoms with Gasteiger partial charge in [-0.1, -0.05) is 0 Å². The molecule has 1 atom stereocenters. The number of halogens is 1. The van der Waals surface area contributed by atoms with E-state index in [1.165, 1.54) is 0 Å². The molecule has 2 aromatic rings. The van der Waals surface area contributed by atoms with Crippen LogP contribution in [0.5, 0.6) is 0 Å². The zero-order chi connectivity index (χ0) is 17.1. The molecular weight excluding hydrogens is 437 g/mol. The molecule has 1 aromatic heterocycles. The van der Waals surface area contributed by atoms with Gasteiger partial charge in [0.05, 0.1) is 9.49 Å². The van der Waals surface area contributed by atoms with Crippen LogP contribution >= 0.6 is 34.4 Å². The summed E-state index contributed by atoms with van der Waals surface area (Å²) in [4.78, 5) is 31.7. The third kappa shape index (κ3) is 3.72. The molecular formula is C17H16IN3O2S. The molecule has 0 radical (unpaired) electrons. The van der Waals surface area contributed by atoms with Crippen molar-refractivity contribution >= 4 is 57.7 Å².